The molecule has 1 heterocycles. The van der Waals surface area contributed by atoms with Crippen LogP contribution in [0.5, 0.6) is 0 Å². The first-order chi connectivity index (χ1) is 9.06. The highest BCUT2D eigenvalue weighted by Crippen LogP contribution is 2.26. The highest BCUT2D eigenvalue weighted by Gasteiger charge is 2.17. The topological polar surface area (TPSA) is 54.9 Å². The summed E-state index contributed by atoms with van der Waals surface area (Å²) in [6.07, 6.45) is 0. The molecule has 0 aliphatic carbocycles. The lowest BCUT2D eigenvalue weighted by Gasteiger charge is -2.12. The molecular formula is C12H12ClN3OS2. The van der Waals surface area contributed by atoms with Crippen molar-refractivity contribution in [2.75, 3.05) is 5.32 Å². The van der Waals surface area contributed by atoms with Crippen LogP contribution in [0.15, 0.2) is 28.0 Å². The van der Waals surface area contributed by atoms with E-state index in [4.69, 9.17) is 11.6 Å². The van der Waals surface area contributed by atoms with E-state index in [1.54, 1.807) is 17.6 Å². The van der Waals surface area contributed by atoms with Crippen LogP contribution >= 0.6 is 34.7 Å². The maximum Gasteiger partial charge on any atom is 0.237 e. The van der Waals surface area contributed by atoms with Crippen molar-refractivity contribution >= 4 is 46.3 Å². The number of amides is 1. The van der Waals surface area contributed by atoms with E-state index in [9.17, 15) is 4.79 Å². The lowest BCUT2D eigenvalue weighted by molar-refractivity contribution is -0.115. The summed E-state index contributed by atoms with van der Waals surface area (Å²) in [5.74, 6) is -0.0782. The second-order valence-corrected chi connectivity index (χ2v) is 6.77. The molecule has 4 nitrogen and oxygen atoms in total. The Bertz CT molecular complexity index is 574. The number of benzene rings is 1. The normalized spacial score (nSPS) is 12.2. The van der Waals surface area contributed by atoms with Gasteiger partial charge in [-0.05, 0) is 31.5 Å². The molecule has 7 heteroatoms. The molecule has 0 unspecified atom stereocenters. The average molecular weight is 314 g/mol. The summed E-state index contributed by atoms with van der Waals surface area (Å²) in [5, 5.41) is 10.9. The number of aryl methyl sites for hydroxylation is 1. The fourth-order valence-electron chi connectivity index (χ4n) is 1.38. The Balaban J connectivity index is 2.02. The Morgan fingerprint density at radius 3 is 3.00 bits per heavy atom. The summed E-state index contributed by atoms with van der Waals surface area (Å²) >= 11 is 8.73. The smallest absolute Gasteiger partial charge is 0.237 e. The molecule has 100 valence electrons. The van der Waals surface area contributed by atoms with E-state index in [1.165, 1.54) is 23.1 Å². The average Bonchev–Trinajstić information content (AvgIpc) is 2.86. The number of thioether (sulfide) groups is 1. The minimum atomic E-state index is -0.244. The molecule has 0 radical (unpaired) electrons. The monoisotopic (exact) mass is 313 g/mol. The summed E-state index contributed by atoms with van der Waals surface area (Å²) in [6.45, 7) is 3.76. The molecule has 19 heavy (non-hydrogen) atoms. The Hall–Kier alpha value is -1.11. The molecule has 0 spiro atoms. The number of carbonyl (C=O) groups is 1. The van der Waals surface area contributed by atoms with E-state index in [1.807, 2.05) is 19.9 Å². The molecular weight excluding hydrogens is 302 g/mol. The zero-order chi connectivity index (χ0) is 13.8. The van der Waals surface area contributed by atoms with Crippen molar-refractivity contribution in [1.29, 1.82) is 0 Å². The van der Waals surface area contributed by atoms with Gasteiger partial charge in [-0.15, -0.1) is 10.2 Å². The van der Waals surface area contributed by atoms with Gasteiger partial charge in [-0.25, -0.2) is 0 Å². The van der Waals surface area contributed by atoms with Crippen LogP contribution in [-0.4, -0.2) is 21.4 Å². The maximum absolute atomic E-state index is 12.1. The van der Waals surface area contributed by atoms with Gasteiger partial charge in [0.15, 0.2) is 4.34 Å². The third kappa shape index (κ3) is 3.92. The number of halogens is 1. The number of carbonyl (C=O) groups excluding carboxylic acids is 1. The first-order valence-corrected chi connectivity index (χ1v) is 7.70. The van der Waals surface area contributed by atoms with E-state index >= 15 is 0 Å². The van der Waals surface area contributed by atoms with E-state index in [2.05, 4.69) is 15.5 Å². The SMILES string of the molecule is Cc1ccc(Cl)cc1NC(=O)[C@@H](C)Sc1nncs1. The summed E-state index contributed by atoms with van der Waals surface area (Å²) < 4.78 is 0.783. The summed E-state index contributed by atoms with van der Waals surface area (Å²) in [4.78, 5) is 12.1. The predicted molar refractivity (Wildman–Crippen MR) is 80.0 cm³/mol. The van der Waals surface area contributed by atoms with Gasteiger partial charge in [0.25, 0.3) is 0 Å². The van der Waals surface area contributed by atoms with E-state index in [0.717, 1.165) is 15.6 Å². The van der Waals surface area contributed by atoms with E-state index in [-0.39, 0.29) is 11.2 Å². The van der Waals surface area contributed by atoms with Crippen LogP contribution in [0.2, 0.25) is 5.02 Å². The Morgan fingerprint density at radius 2 is 2.32 bits per heavy atom. The van der Waals surface area contributed by atoms with Crippen molar-refractivity contribution in [1.82, 2.24) is 10.2 Å². The van der Waals surface area contributed by atoms with Crippen LogP contribution < -0.4 is 5.32 Å². The number of hydrogen-bond acceptors (Lipinski definition) is 5. The standard InChI is InChI=1S/C12H12ClN3OS2/c1-7-3-4-9(13)5-10(7)15-11(17)8(2)19-12-16-14-6-18-12/h3-6,8H,1-2H3,(H,15,17)/t8-/m1/s1. The first-order valence-electron chi connectivity index (χ1n) is 5.56. The molecule has 1 amide bonds. The van der Waals surface area contributed by atoms with Crippen molar-refractivity contribution in [2.45, 2.75) is 23.4 Å². The van der Waals surface area contributed by atoms with Crippen molar-refractivity contribution in [2.24, 2.45) is 0 Å². The molecule has 0 aliphatic rings. The zero-order valence-corrected chi connectivity index (χ0v) is 12.8. The van der Waals surface area contributed by atoms with Crippen LogP contribution in [0.1, 0.15) is 12.5 Å². The van der Waals surface area contributed by atoms with Gasteiger partial charge in [0.05, 0.1) is 5.25 Å². The summed E-state index contributed by atoms with van der Waals surface area (Å²) in [5.41, 5.74) is 3.36. The Morgan fingerprint density at radius 1 is 1.53 bits per heavy atom. The third-order valence-corrected chi connectivity index (χ3v) is 4.59. The number of nitrogens with zero attached hydrogens (tertiary/aromatic N) is 2. The fourth-order valence-corrected chi connectivity index (χ4v) is 3.18. The summed E-state index contributed by atoms with van der Waals surface area (Å²) in [7, 11) is 0. The van der Waals surface area contributed by atoms with Gasteiger partial charge in [-0.1, -0.05) is 40.8 Å². The van der Waals surface area contributed by atoms with E-state index in [0.29, 0.717) is 5.02 Å². The second-order valence-electron chi connectivity index (χ2n) is 3.91. The van der Waals surface area contributed by atoms with Crippen molar-refractivity contribution in [3.63, 3.8) is 0 Å². The molecule has 0 aliphatic heterocycles. The zero-order valence-electron chi connectivity index (χ0n) is 10.4. The first kappa shape index (κ1) is 14.3. The maximum atomic E-state index is 12.1. The third-order valence-electron chi connectivity index (χ3n) is 2.44. The number of anilines is 1. The number of hydrogen-bond donors (Lipinski definition) is 1. The van der Waals surface area contributed by atoms with Gasteiger partial charge in [0.2, 0.25) is 5.91 Å². The van der Waals surface area contributed by atoms with Crippen LogP contribution in [0.4, 0.5) is 5.69 Å². The fraction of sp³-hybridized carbons (Fsp3) is 0.250. The van der Waals surface area contributed by atoms with Crippen LogP contribution in [0.3, 0.4) is 0 Å². The van der Waals surface area contributed by atoms with Gasteiger partial charge in [-0.2, -0.15) is 0 Å². The van der Waals surface area contributed by atoms with Crippen LogP contribution in [0.25, 0.3) is 0 Å². The van der Waals surface area contributed by atoms with Crippen LogP contribution in [-0.2, 0) is 4.79 Å². The number of aromatic nitrogens is 2. The molecule has 1 aromatic carbocycles. The van der Waals surface area contributed by atoms with Gasteiger partial charge in [-0.3, -0.25) is 4.79 Å². The van der Waals surface area contributed by atoms with Crippen molar-refractivity contribution < 1.29 is 4.79 Å². The van der Waals surface area contributed by atoms with Gasteiger partial charge in [0.1, 0.15) is 5.51 Å². The molecule has 2 aromatic rings. The lowest BCUT2D eigenvalue weighted by atomic mass is 10.2. The summed E-state index contributed by atoms with van der Waals surface area (Å²) in [6, 6.07) is 5.42. The second kappa shape index (κ2) is 6.36. The van der Waals surface area contributed by atoms with Gasteiger partial charge in [0, 0.05) is 10.7 Å². The highest BCUT2D eigenvalue weighted by atomic mass is 35.5. The molecule has 0 saturated heterocycles. The van der Waals surface area contributed by atoms with E-state index < -0.39 is 0 Å². The number of rotatable bonds is 4. The Kier molecular flexibility index (Phi) is 4.79. The van der Waals surface area contributed by atoms with Crippen molar-refractivity contribution in [3.05, 3.63) is 34.3 Å². The predicted octanol–water partition coefficient (Wildman–Crippen LogP) is 3.62. The molecule has 0 bridgehead atoms. The largest absolute Gasteiger partial charge is 0.325 e. The molecule has 1 N–H and O–H groups in total. The quantitative estimate of drug-likeness (QED) is 0.876. The highest BCUT2D eigenvalue weighted by molar-refractivity contribution is 8.02. The molecule has 2 rings (SSSR count). The molecule has 1 aromatic heterocycles. The lowest BCUT2D eigenvalue weighted by Crippen LogP contribution is -2.22. The van der Waals surface area contributed by atoms with Crippen LogP contribution in [0, 0.1) is 6.92 Å². The van der Waals surface area contributed by atoms with Gasteiger partial charge < -0.3 is 5.32 Å². The van der Waals surface area contributed by atoms with Gasteiger partial charge >= 0.3 is 0 Å². The molecule has 0 saturated carbocycles. The van der Waals surface area contributed by atoms with Crippen molar-refractivity contribution in [3.8, 4) is 0 Å². The molecule has 1 atom stereocenters. The molecule has 0 fully saturated rings. The minimum Gasteiger partial charge on any atom is -0.325 e. The number of nitrogens with one attached hydrogen (secondary N) is 1. The minimum absolute atomic E-state index is 0.0782. The Labute approximate surface area is 124 Å².